The second kappa shape index (κ2) is 33.2. The molecule has 1 unspecified atom stereocenters. The van der Waals surface area contributed by atoms with Gasteiger partial charge in [0.25, 0.3) is 20.2 Å². The molecule has 10 nitrogen and oxygen atoms in total. The Bertz CT molecular complexity index is 1260. The fraction of sp³-hybridized carbons (Fsp3) is 0.789. The fourth-order valence-electron chi connectivity index (χ4n) is 6.57. The molecule has 0 aliphatic rings. The van der Waals surface area contributed by atoms with E-state index in [9.17, 15) is 45.7 Å². The van der Waals surface area contributed by atoms with Crippen LogP contribution in [0.2, 0.25) is 0 Å². The van der Waals surface area contributed by atoms with Crippen LogP contribution in [0.5, 0.6) is 0 Å². The molecule has 0 aliphatic heterocycles. The van der Waals surface area contributed by atoms with Gasteiger partial charge < -0.3 is 10.2 Å². The number of hydrogen-bond donors (Lipinski definition) is 4. The van der Waals surface area contributed by atoms with Gasteiger partial charge in [-0.1, -0.05) is 174 Å². The summed E-state index contributed by atoms with van der Waals surface area (Å²) in [6.07, 6.45) is 23.5. The zero-order valence-electron chi connectivity index (χ0n) is 31.1. The van der Waals surface area contributed by atoms with Crippen molar-refractivity contribution in [2.45, 2.75) is 191 Å². The summed E-state index contributed by atoms with van der Waals surface area (Å²) >= 11 is 0. The van der Waals surface area contributed by atoms with Crippen LogP contribution in [0.3, 0.4) is 0 Å². The Morgan fingerprint density at radius 2 is 0.923 bits per heavy atom. The van der Waals surface area contributed by atoms with Gasteiger partial charge in [-0.05, 0) is 37.3 Å². The topological polar surface area (TPSA) is 183 Å². The zero-order chi connectivity index (χ0) is 37.9. The molecule has 0 saturated heterocycles. The van der Waals surface area contributed by atoms with Crippen molar-refractivity contribution in [3.8, 4) is 0 Å². The normalized spacial score (nSPS) is 12.2. The van der Waals surface area contributed by atoms with Gasteiger partial charge in [0.15, 0.2) is 5.25 Å². The molecule has 1 aromatic carbocycles. The summed E-state index contributed by atoms with van der Waals surface area (Å²) in [5, 5.41) is 16.9. The summed E-state index contributed by atoms with van der Waals surface area (Å²) in [6, 6.07) is 6.73. The summed E-state index contributed by atoms with van der Waals surface area (Å²) in [5.74, 6) is -3.26. The monoisotopic (exact) mass is 796 g/mol. The van der Waals surface area contributed by atoms with Gasteiger partial charge in [-0.2, -0.15) is 16.8 Å². The molecule has 0 amide bonds. The summed E-state index contributed by atoms with van der Waals surface area (Å²) in [7, 11) is -9.15. The Morgan fingerprint density at radius 3 is 1.25 bits per heavy atom. The Labute approximate surface area is 360 Å². The summed E-state index contributed by atoms with van der Waals surface area (Å²) in [4.78, 5) is 23.8. The third-order valence-electron chi connectivity index (χ3n) is 9.45. The molecule has 0 spiro atoms. The summed E-state index contributed by atoms with van der Waals surface area (Å²) in [6.45, 7) is 6.40. The summed E-state index contributed by atoms with van der Waals surface area (Å²) < 4.78 is 64.9. The van der Waals surface area contributed by atoms with Gasteiger partial charge >= 0.3 is 71.1 Å². The van der Waals surface area contributed by atoms with Crippen LogP contribution in [0.1, 0.15) is 180 Å². The molecular formula is C38H70Na2O10S2. The van der Waals surface area contributed by atoms with Crippen LogP contribution in [-0.4, -0.2) is 112 Å². The van der Waals surface area contributed by atoms with Gasteiger partial charge in [0.1, 0.15) is 0 Å². The first-order valence-electron chi connectivity index (χ1n) is 19.2. The molecule has 14 heteroatoms. The van der Waals surface area contributed by atoms with Crippen molar-refractivity contribution in [1.82, 2.24) is 0 Å². The van der Waals surface area contributed by atoms with Crippen molar-refractivity contribution in [3.05, 3.63) is 29.8 Å². The van der Waals surface area contributed by atoms with Crippen molar-refractivity contribution in [2.75, 3.05) is 0 Å². The van der Waals surface area contributed by atoms with Gasteiger partial charge in [-0.15, -0.1) is 0 Å². The Hall–Kier alpha value is -0.0200. The van der Waals surface area contributed by atoms with Crippen molar-refractivity contribution in [2.24, 2.45) is 5.41 Å². The van der Waals surface area contributed by atoms with E-state index in [1.807, 2.05) is 6.07 Å². The number of benzene rings is 1. The van der Waals surface area contributed by atoms with Crippen LogP contribution in [-0.2, 0) is 36.2 Å². The Balaban J connectivity index is -0.000000911. The molecule has 52 heavy (non-hydrogen) atoms. The molecule has 1 aromatic rings. The van der Waals surface area contributed by atoms with E-state index < -0.39 is 42.8 Å². The van der Waals surface area contributed by atoms with Gasteiger partial charge in [0, 0.05) is 0 Å². The number of hydrogen-bond acceptors (Lipinski definition) is 6. The molecule has 0 fully saturated rings. The number of carbonyl (C=O) groups is 2. The number of rotatable bonds is 30. The number of aryl methyl sites for hydroxylation is 1. The quantitative estimate of drug-likeness (QED) is 0.0333. The molecule has 1 rings (SSSR count). The third kappa shape index (κ3) is 25.2. The molecule has 0 aliphatic carbocycles. The van der Waals surface area contributed by atoms with E-state index >= 15 is 0 Å². The molecule has 4 N–H and O–H groups in total. The molecule has 0 heterocycles. The molecule has 1 atom stereocenters. The maximum atomic E-state index is 12.1. The third-order valence-corrected chi connectivity index (χ3v) is 11.7. The SMILES string of the molecule is CCCCCCCCC(CCCCCCCC)(C(=O)O)C(C(=O)O)S(=O)(=O)O.CCCCCCCCCCCCc1ccccc1S(=O)(=O)O.[NaH].[NaH]. The van der Waals surface area contributed by atoms with E-state index in [4.69, 9.17) is 0 Å². The van der Waals surface area contributed by atoms with E-state index in [1.165, 1.54) is 57.4 Å². The van der Waals surface area contributed by atoms with Gasteiger partial charge in [0.05, 0.1) is 10.3 Å². The zero-order valence-corrected chi connectivity index (χ0v) is 32.8. The molecule has 0 aromatic heterocycles. The van der Waals surface area contributed by atoms with Crippen molar-refractivity contribution >= 4 is 91.3 Å². The standard InChI is InChI=1S/C20H38O7S.C18H30O3S.2Na.2H/c1-3-5-7-9-11-13-15-20(19(23)24,16-14-12-10-8-6-4-2)17(18(21)22)28(25,26)27;1-2-3-4-5-6-7-8-9-10-11-14-17-15-12-13-16-18(17)22(19,20)21;;;;/h17H,3-16H2,1-2H3,(H,21,22)(H,23,24)(H,25,26,27);12-13,15-16H,2-11,14H2,1H3,(H,19,20,21);;;;. The van der Waals surface area contributed by atoms with Gasteiger partial charge in [-0.3, -0.25) is 18.7 Å². The van der Waals surface area contributed by atoms with Gasteiger partial charge in [0.2, 0.25) is 0 Å². The second-order valence-corrected chi connectivity index (χ2v) is 16.6. The number of carboxylic acids is 2. The first kappa shape index (κ1) is 56.3. The van der Waals surface area contributed by atoms with Crippen molar-refractivity contribution in [1.29, 1.82) is 0 Å². The van der Waals surface area contributed by atoms with Crippen LogP contribution in [0, 0.1) is 5.41 Å². The van der Waals surface area contributed by atoms with Crippen LogP contribution in [0.4, 0.5) is 0 Å². The first-order valence-corrected chi connectivity index (χ1v) is 22.1. The Morgan fingerprint density at radius 1 is 0.577 bits per heavy atom. The molecule has 296 valence electrons. The average molecular weight is 797 g/mol. The number of aliphatic carboxylic acids is 2. The maximum absolute atomic E-state index is 12.1. The van der Waals surface area contributed by atoms with Crippen molar-refractivity contribution in [3.63, 3.8) is 0 Å². The average Bonchev–Trinajstić information content (AvgIpc) is 3.04. The first-order chi connectivity index (χ1) is 23.7. The van der Waals surface area contributed by atoms with Crippen LogP contribution >= 0.6 is 0 Å². The van der Waals surface area contributed by atoms with E-state index in [1.54, 1.807) is 12.1 Å². The molecule has 0 bridgehead atoms. The minimum atomic E-state index is -5.05. The fourth-order valence-corrected chi connectivity index (χ4v) is 8.48. The number of carboxylic acid groups (broad SMARTS) is 2. The van der Waals surface area contributed by atoms with Gasteiger partial charge in [-0.25, -0.2) is 0 Å². The van der Waals surface area contributed by atoms with Crippen LogP contribution < -0.4 is 0 Å². The second-order valence-electron chi connectivity index (χ2n) is 13.7. The predicted octanol–water partition coefficient (Wildman–Crippen LogP) is 9.00. The van der Waals surface area contributed by atoms with E-state index in [0.717, 1.165) is 69.8 Å². The molecule has 0 saturated carbocycles. The Kier molecular flexibility index (Phi) is 35.9. The molecule has 0 radical (unpaired) electrons. The van der Waals surface area contributed by atoms with Crippen LogP contribution in [0.25, 0.3) is 0 Å². The molecular weight excluding hydrogens is 727 g/mol. The minimum absolute atomic E-state index is 0. The van der Waals surface area contributed by atoms with E-state index in [-0.39, 0.29) is 76.9 Å². The number of unbranched alkanes of at least 4 members (excludes halogenated alkanes) is 19. The van der Waals surface area contributed by atoms with E-state index in [0.29, 0.717) is 32.1 Å². The summed E-state index contributed by atoms with van der Waals surface area (Å²) in [5.41, 5.74) is -1.28. The predicted molar refractivity (Wildman–Crippen MR) is 215 cm³/mol. The van der Waals surface area contributed by atoms with Crippen molar-refractivity contribution < 1.29 is 45.7 Å². The van der Waals surface area contributed by atoms with E-state index in [2.05, 4.69) is 20.8 Å². The van der Waals surface area contributed by atoms with Crippen LogP contribution in [0.15, 0.2) is 29.2 Å².